The summed E-state index contributed by atoms with van der Waals surface area (Å²) >= 11 is 0. The maximum absolute atomic E-state index is 6.62. The van der Waals surface area contributed by atoms with E-state index >= 15 is 0 Å². The average Bonchev–Trinajstić information content (AvgIpc) is 0.918. The molecule has 0 aliphatic rings. The van der Waals surface area contributed by atoms with Crippen LogP contribution < -0.4 is 0 Å². The van der Waals surface area contributed by atoms with Crippen molar-refractivity contribution in [3.8, 4) is 0 Å². The molecule has 0 fully saturated rings. The summed E-state index contributed by atoms with van der Waals surface area (Å²) in [6.45, 7) is 0. The topological polar surface area (TPSA) is 49.7 Å². The van der Waals surface area contributed by atoms with Gasteiger partial charge in [-0.05, 0) is 0 Å². The van der Waals surface area contributed by atoms with Gasteiger partial charge in [-0.2, -0.15) is 0 Å². The van der Waals surface area contributed by atoms with E-state index in [4.69, 9.17) is 10.5 Å². The fraction of sp³-hybridized carbons (Fsp3) is 0. The van der Waals surface area contributed by atoms with E-state index in [9.17, 15) is 0 Å². The van der Waals surface area contributed by atoms with Gasteiger partial charge < -0.3 is 0 Å². The Morgan fingerprint density at radius 2 is 1.25 bits per heavy atom. The van der Waals surface area contributed by atoms with Crippen LogP contribution in [0.1, 0.15) is 0 Å². The van der Waals surface area contributed by atoms with Crippen molar-refractivity contribution in [3.05, 3.63) is 0 Å². The van der Waals surface area contributed by atoms with Crippen molar-refractivity contribution in [2.45, 2.75) is 0 Å². The van der Waals surface area contributed by atoms with Crippen LogP contribution in [0.5, 0.6) is 0 Å². The summed E-state index contributed by atoms with van der Waals surface area (Å²) in [4.78, 5) is 0. The van der Waals surface area contributed by atoms with E-state index in [0.717, 1.165) is 0 Å². The first kappa shape index (κ1) is 8.82. The third-order valence-electron chi connectivity index (χ3n) is 0. The Kier molecular flexibility index (Phi) is 21.1. The van der Waals surface area contributed by atoms with Crippen molar-refractivity contribution < 1.29 is 36.6 Å². The second-order valence-electron chi connectivity index (χ2n) is 0.0816. The van der Waals surface area contributed by atoms with Gasteiger partial charge >= 0.3 is 21.1 Å². The quantitative estimate of drug-likeness (QED) is 0.464. The molecule has 0 aliphatic carbocycles. The number of hydrogen-bond donors (Lipinski definition) is 2. The Bertz CT molecular complexity index is 3.25. The van der Waals surface area contributed by atoms with Gasteiger partial charge in [-0.1, -0.05) is 5.04 Å². The van der Waals surface area contributed by atoms with Gasteiger partial charge in [0.2, 0.25) is 0 Å². The first-order chi connectivity index (χ1) is 1.41. The summed E-state index contributed by atoms with van der Waals surface area (Å²) in [5.74, 6) is 0. The zero-order valence-electron chi connectivity index (χ0n) is 1.62. The SMILES string of the molecule is OOO.[Pt+2]. The average molecular weight is 245 g/mol. The second kappa shape index (κ2) is 9.57. The van der Waals surface area contributed by atoms with Crippen LogP contribution in [-0.2, 0) is 26.1 Å². The van der Waals surface area contributed by atoms with E-state index in [-0.39, 0.29) is 21.1 Å². The van der Waals surface area contributed by atoms with Crippen molar-refractivity contribution in [3.63, 3.8) is 0 Å². The zero-order valence-corrected chi connectivity index (χ0v) is 3.89. The van der Waals surface area contributed by atoms with Crippen LogP contribution in [0, 0.1) is 0 Å². The van der Waals surface area contributed by atoms with Crippen LogP contribution in [0.4, 0.5) is 0 Å². The molecule has 2 N–H and O–H groups in total. The smallest absolute Gasteiger partial charge is 0.221 e. The van der Waals surface area contributed by atoms with Crippen molar-refractivity contribution in [1.29, 1.82) is 0 Å². The molecule has 0 aromatic rings. The molecule has 0 heterocycles. The predicted molar refractivity (Wildman–Crippen MR) is 6.34 cm³/mol. The van der Waals surface area contributed by atoms with E-state index in [1.807, 2.05) is 0 Å². The van der Waals surface area contributed by atoms with Crippen LogP contribution >= 0.6 is 0 Å². The minimum absolute atomic E-state index is 0. The molecule has 0 aromatic heterocycles. The molecule has 0 unspecified atom stereocenters. The van der Waals surface area contributed by atoms with E-state index < -0.39 is 0 Å². The third kappa shape index (κ3) is 19.6. The van der Waals surface area contributed by atoms with E-state index in [2.05, 4.69) is 5.04 Å². The Hall–Kier alpha value is 0.568. The van der Waals surface area contributed by atoms with E-state index in [1.54, 1.807) is 0 Å². The molecule has 3 nitrogen and oxygen atoms in total. The molecule has 0 saturated heterocycles. The third-order valence-corrected chi connectivity index (χ3v) is 0. The van der Waals surface area contributed by atoms with Crippen LogP contribution in [0.3, 0.4) is 0 Å². The van der Waals surface area contributed by atoms with Gasteiger partial charge in [0.15, 0.2) is 0 Å². The monoisotopic (exact) mass is 245 g/mol. The predicted octanol–water partition coefficient (Wildman–Crippen LogP) is -0.0535. The first-order valence-corrected chi connectivity index (χ1v) is 0.365. The first-order valence-electron chi connectivity index (χ1n) is 0.365. The molecular formula is H2O3Pt+2. The minimum atomic E-state index is 0. The van der Waals surface area contributed by atoms with Gasteiger partial charge in [0, 0.05) is 0 Å². The summed E-state index contributed by atoms with van der Waals surface area (Å²) in [6.07, 6.45) is 0. The van der Waals surface area contributed by atoms with Gasteiger partial charge in [0.25, 0.3) is 0 Å². The van der Waals surface area contributed by atoms with Gasteiger partial charge in [-0.3, -0.25) is 0 Å². The number of hydrogen-bond acceptors (Lipinski definition) is 3. The fourth-order valence-electron chi connectivity index (χ4n) is 0. The minimum Gasteiger partial charge on any atom is -0.221 e. The molecular weight excluding hydrogens is 243 g/mol. The van der Waals surface area contributed by atoms with Gasteiger partial charge in [0.05, 0.1) is 0 Å². The molecule has 0 spiro atoms. The summed E-state index contributed by atoms with van der Waals surface area (Å²) in [5, 5.41) is 15.5. The van der Waals surface area contributed by atoms with Gasteiger partial charge in [-0.15, -0.1) is 0 Å². The Balaban J connectivity index is 0. The normalized spacial score (nSPS) is 4.50. The molecule has 0 saturated carbocycles. The van der Waals surface area contributed by atoms with Crippen LogP contribution in [-0.4, -0.2) is 10.5 Å². The molecule has 0 atom stereocenters. The Morgan fingerprint density at radius 3 is 1.25 bits per heavy atom. The standard InChI is InChI=1S/H2O3.Pt/c1-3-2;/h1-2H;/q;+2. The Morgan fingerprint density at radius 1 is 1.25 bits per heavy atom. The zero-order chi connectivity index (χ0) is 2.71. The largest absolute Gasteiger partial charge is 2.00 e. The fourth-order valence-corrected chi connectivity index (χ4v) is 0. The molecule has 0 rings (SSSR count). The van der Waals surface area contributed by atoms with Gasteiger partial charge in [-0.25, -0.2) is 10.5 Å². The summed E-state index contributed by atoms with van der Waals surface area (Å²) in [5.41, 5.74) is 0. The van der Waals surface area contributed by atoms with Crippen molar-refractivity contribution in [1.82, 2.24) is 0 Å². The second-order valence-corrected chi connectivity index (χ2v) is 0.0816. The summed E-state index contributed by atoms with van der Waals surface area (Å²) in [6, 6.07) is 0. The van der Waals surface area contributed by atoms with E-state index in [1.165, 1.54) is 0 Å². The molecule has 0 amide bonds. The Labute approximate surface area is 37.3 Å². The molecule has 0 aliphatic heterocycles. The van der Waals surface area contributed by atoms with Crippen molar-refractivity contribution in [2.75, 3.05) is 0 Å². The molecule has 0 aromatic carbocycles. The van der Waals surface area contributed by atoms with Crippen molar-refractivity contribution in [2.24, 2.45) is 0 Å². The van der Waals surface area contributed by atoms with Gasteiger partial charge in [0.1, 0.15) is 0 Å². The molecule has 4 heteroatoms. The number of rotatable bonds is 0. The van der Waals surface area contributed by atoms with Crippen LogP contribution in [0.15, 0.2) is 0 Å². The molecule has 0 radical (unpaired) electrons. The summed E-state index contributed by atoms with van der Waals surface area (Å²) in [7, 11) is 0. The van der Waals surface area contributed by atoms with E-state index in [0.29, 0.717) is 0 Å². The maximum Gasteiger partial charge on any atom is 2.00 e. The van der Waals surface area contributed by atoms with Crippen molar-refractivity contribution >= 4 is 0 Å². The maximum atomic E-state index is 6.62. The molecule has 28 valence electrons. The summed E-state index contributed by atoms with van der Waals surface area (Å²) < 4.78 is 0. The van der Waals surface area contributed by atoms with Crippen LogP contribution in [0.25, 0.3) is 0 Å². The van der Waals surface area contributed by atoms with Crippen LogP contribution in [0.2, 0.25) is 0 Å². The molecule has 0 bridgehead atoms. The molecule has 4 heavy (non-hydrogen) atoms.